The Morgan fingerprint density at radius 1 is 1.19 bits per heavy atom. The van der Waals surface area contributed by atoms with E-state index in [1.54, 1.807) is 4.90 Å². The van der Waals surface area contributed by atoms with Crippen LogP contribution in [0.25, 0.3) is 0 Å². The van der Waals surface area contributed by atoms with Gasteiger partial charge in [0.15, 0.2) is 0 Å². The Hall–Kier alpha value is -1.56. The average Bonchev–Trinajstić information content (AvgIpc) is 2.71. The number of nitrogens with one attached hydrogen (secondary N) is 1. The standard InChI is InChI=1S/C15H19F3N2O/c1-11-19-13(12-7-3-2-4-8-12)14(21)20(11)10-6-5-9-15(16,17)18/h2-4,7-8,11,13,19H,5-6,9-10H2,1H3. The minimum Gasteiger partial charge on any atom is -0.326 e. The Morgan fingerprint density at radius 3 is 2.48 bits per heavy atom. The maximum Gasteiger partial charge on any atom is 0.389 e. The second-order valence-electron chi connectivity index (χ2n) is 5.29. The van der Waals surface area contributed by atoms with Crippen LogP contribution in [0.1, 0.15) is 37.8 Å². The van der Waals surface area contributed by atoms with Crippen LogP contribution in [0.4, 0.5) is 13.2 Å². The van der Waals surface area contributed by atoms with Crippen LogP contribution in [0.3, 0.4) is 0 Å². The predicted octanol–water partition coefficient (Wildman–Crippen LogP) is 3.24. The van der Waals surface area contributed by atoms with Crippen LogP contribution < -0.4 is 5.32 Å². The molecule has 1 N–H and O–H groups in total. The summed E-state index contributed by atoms with van der Waals surface area (Å²) < 4.78 is 36.3. The summed E-state index contributed by atoms with van der Waals surface area (Å²) in [7, 11) is 0. The molecule has 1 heterocycles. The van der Waals surface area contributed by atoms with Crippen molar-refractivity contribution in [3.05, 3.63) is 35.9 Å². The molecule has 0 radical (unpaired) electrons. The number of hydrogen-bond acceptors (Lipinski definition) is 2. The van der Waals surface area contributed by atoms with Crippen molar-refractivity contribution in [2.75, 3.05) is 6.54 Å². The molecule has 6 heteroatoms. The zero-order valence-corrected chi connectivity index (χ0v) is 11.9. The van der Waals surface area contributed by atoms with Crippen molar-refractivity contribution in [3.8, 4) is 0 Å². The van der Waals surface area contributed by atoms with Crippen LogP contribution in [0.5, 0.6) is 0 Å². The topological polar surface area (TPSA) is 32.3 Å². The Kier molecular flexibility index (Phi) is 4.88. The number of halogens is 3. The summed E-state index contributed by atoms with van der Waals surface area (Å²) in [5.41, 5.74) is 0.882. The lowest BCUT2D eigenvalue weighted by atomic mass is 10.1. The summed E-state index contributed by atoms with van der Waals surface area (Å²) >= 11 is 0. The fourth-order valence-electron chi connectivity index (χ4n) is 2.55. The molecular formula is C15H19F3N2O. The highest BCUT2D eigenvalue weighted by Gasteiger charge is 2.37. The lowest BCUT2D eigenvalue weighted by Gasteiger charge is -2.20. The third-order valence-corrected chi connectivity index (χ3v) is 3.65. The zero-order chi connectivity index (χ0) is 15.5. The number of hydrogen-bond donors (Lipinski definition) is 1. The fraction of sp³-hybridized carbons (Fsp3) is 0.533. The van der Waals surface area contributed by atoms with Crippen LogP contribution in [0.15, 0.2) is 30.3 Å². The van der Waals surface area contributed by atoms with Gasteiger partial charge >= 0.3 is 6.18 Å². The first kappa shape index (κ1) is 15.8. The van der Waals surface area contributed by atoms with E-state index in [9.17, 15) is 18.0 Å². The van der Waals surface area contributed by atoms with E-state index in [1.807, 2.05) is 37.3 Å². The molecule has 1 aromatic carbocycles. The Balaban J connectivity index is 1.89. The van der Waals surface area contributed by atoms with E-state index in [0.717, 1.165) is 5.56 Å². The fourth-order valence-corrected chi connectivity index (χ4v) is 2.55. The molecule has 2 atom stereocenters. The van der Waals surface area contributed by atoms with Gasteiger partial charge in [-0.25, -0.2) is 0 Å². The number of unbranched alkanes of at least 4 members (excludes halogenated alkanes) is 1. The molecule has 0 aliphatic carbocycles. The molecule has 0 saturated carbocycles. The predicted molar refractivity (Wildman–Crippen MR) is 73.4 cm³/mol. The third kappa shape index (κ3) is 4.20. The van der Waals surface area contributed by atoms with E-state index in [4.69, 9.17) is 0 Å². The highest BCUT2D eigenvalue weighted by atomic mass is 19.4. The monoisotopic (exact) mass is 300 g/mol. The van der Waals surface area contributed by atoms with Crippen molar-refractivity contribution >= 4 is 5.91 Å². The molecule has 3 nitrogen and oxygen atoms in total. The summed E-state index contributed by atoms with van der Waals surface area (Å²) in [5, 5.41) is 3.18. The summed E-state index contributed by atoms with van der Waals surface area (Å²) in [5.74, 6) is -0.0688. The second-order valence-corrected chi connectivity index (χ2v) is 5.29. The van der Waals surface area contributed by atoms with E-state index < -0.39 is 18.6 Å². The SMILES string of the molecule is CC1NC(c2ccccc2)C(=O)N1CCCCC(F)(F)F. The van der Waals surface area contributed by atoms with Gasteiger partial charge in [0.1, 0.15) is 6.04 Å². The molecule has 0 bridgehead atoms. The molecule has 1 aliphatic heterocycles. The second kappa shape index (κ2) is 6.47. The van der Waals surface area contributed by atoms with E-state index in [-0.39, 0.29) is 18.5 Å². The molecule has 2 unspecified atom stereocenters. The van der Waals surface area contributed by atoms with Crippen molar-refractivity contribution in [2.24, 2.45) is 0 Å². The molecule has 116 valence electrons. The lowest BCUT2D eigenvalue weighted by molar-refractivity contribution is -0.136. The van der Waals surface area contributed by atoms with Crippen molar-refractivity contribution in [1.82, 2.24) is 10.2 Å². The number of rotatable bonds is 5. The smallest absolute Gasteiger partial charge is 0.326 e. The third-order valence-electron chi connectivity index (χ3n) is 3.65. The molecule has 0 spiro atoms. The highest BCUT2D eigenvalue weighted by Crippen LogP contribution is 2.26. The van der Waals surface area contributed by atoms with Crippen LogP contribution in [-0.2, 0) is 4.79 Å². The van der Waals surface area contributed by atoms with Gasteiger partial charge in [-0.3, -0.25) is 10.1 Å². The van der Waals surface area contributed by atoms with Gasteiger partial charge in [0.2, 0.25) is 5.91 Å². The molecule has 1 aliphatic rings. The van der Waals surface area contributed by atoms with Crippen molar-refractivity contribution < 1.29 is 18.0 Å². The first-order valence-corrected chi connectivity index (χ1v) is 7.07. The molecular weight excluding hydrogens is 281 g/mol. The van der Waals surface area contributed by atoms with Crippen LogP contribution in [-0.4, -0.2) is 29.7 Å². The van der Waals surface area contributed by atoms with Crippen LogP contribution in [0, 0.1) is 0 Å². The number of nitrogens with zero attached hydrogens (tertiary/aromatic N) is 1. The summed E-state index contributed by atoms with van der Waals surface area (Å²) in [6, 6.07) is 8.94. The zero-order valence-electron chi connectivity index (χ0n) is 11.9. The van der Waals surface area contributed by atoms with E-state index in [2.05, 4.69) is 5.32 Å². The molecule has 1 fully saturated rings. The van der Waals surface area contributed by atoms with E-state index >= 15 is 0 Å². The van der Waals surface area contributed by atoms with Gasteiger partial charge in [-0.15, -0.1) is 0 Å². The molecule has 1 saturated heterocycles. The number of amides is 1. The van der Waals surface area contributed by atoms with Gasteiger partial charge in [0.05, 0.1) is 6.17 Å². The van der Waals surface area contributed by atoms with Gasteiger partial charge in [-0.05, 0) is 25.3 Å². The lowest BCUT2D eigenvalue weighted by Crippen LogP contribution is -2.35. The van der Waals surface area contributed by atoms with Gasteiger partial charge in [0, 0.05) is 13.0 Å². The molecule has 1 amide bonds. The number of carbonyl (C=O) groups is 1. The Labute approximate surface area is 122 Å². The minimum atomic E-state index is -4.12. The molecule has 1 aromatic rings. The Morgan fingerprint density at radius 2 is 1.86 bits per heavy atom. The molecule has 21 heavy (non-hydrogen) atoms. The number of alkyl halides is 3. The van der Waals surface area contributed by atoms with Crippen molar-refractivity contribution in [1.29, 1.82) is 0 Å². The van der Waals surface area contributed by atoms with Gasteiger partial charge in [-0.2, -0.15) is 13.2 Å². The molecule has 0 aromatic heterocycles. The molecule has 2 rings (SSSR count). The maximum atomic E-state index is 12.3. The quantitative estimate of drug-likeness (QED) is 0.847. The summed E-state index contributed by atoms with van der Waals surface area (Å²) in [6.45, 7) is 2.21. The highest BCUT2D eigenvalue weighted by molar-refractivity contribution is 5.85. The van der Waals surface area contributed by atoms with Gasteiger partial charge in [-0.1, -0.05) is 30.3 Å². The van der Waals surface area contributed by atoms with E-state index in [1.165, 1.54) is 0 Å². The summed E-state index contributed by atoms with van der Waals surface area (Å²) in [6.07, 6.45) is -4.66. The van der Waals surface area contributed by atoms with Crippen molar-refractivity contribution in [3.63, 3.8) is 0 Å². The van der Waals surface area contributed by atoms with Crippen molar-refractivity contribution in [2.45, 2.75) is 44.6 Å². The first-order chi connectivity index (χ1) is 9.88. The maximum absolute atomic E-state index is 12.3. The van der Waals surface area contributed by atoms with Crippen LogP contribution >= 0.6 is 0 Å². The first-order valence-electron chi connectivity index (χ1n) is 7.07. The normalized spacial score (nSPS) is 22.9. The van der Waals surface area contributed by atoms with Gasteiger partial charge < -0.3 is 4.90 Å². The Bertz CT molecular complexity index is 476. The van der Waals surface area contributed by atoms with Gasteiger partial charge in [0.25, 0.3) is 0 Å². The van der Waals surface area contributed by atoms with Crippen LogP contribution in [0.2, 0.25) is 0 Å². The number of benzene rings is 1. The average molecular weight is 300 g/mol. The largest absolute Gasteiger partial charge is 0.389 e. The van der Waals surface area contributed by atoms with E-state index in [0.29, 0.717) is 13.0 Å². The minimum absolute atomic E-state index is 0.0516. The number of carbonyl (C=O) groups excluding carboxylic acids is 1. The summed E-state index contributed by atoms with van der Waals surface area (Å²) in [4.78, 5) is 14.0.